The van der Waals surface area contributed by atoms with Crippen LogP contribution in [0.25, 0.3) is 11.0 Å². The summed E-state index contributed by atoms with van der Waals surface area (Å²) in [5, 5.41) is 0. The fourth-order valence-electron chi connectivity index (χ4n) is 4.98. The second kappa shape index (κ2) is 10.2. The summed E-state index contributed by atoms with van der Waals surface area (Å²) in [4.78, 5) is 7.61. The Kier molecular flexibility index (Phi) is 6.73. The molecule has 1 aromatic heterocycles. The van der Waals surface area contributed by atoms with E-state index in [2.05, 4.69) is 88.3 Å². The normalized spacial score (nSPS) is 15.2. The lowest BCUT2D eigenvalue weighted by Crippen LogP contribution is -2.34. The molecule has 4 aromatic rings. The summed E-state index contributed by atoms with van der Waals surface area (Å²) in [6.45, 7) is 4.10. The third-order valence-electron chi connectivity index (χ3n) is 6.99. The van der Waals surface area contributed by atoms with Crippen LogP contribution in [0.3, 0.4) is 0 Å². The van der Waals surface area contributed by atoms with Crippen molar-refractivity contribution >= 4 is 11.0 Å². The number of imidazole rings is 1. The number of aryl methyl sites for hydroxylation is 1. The number of piperidine rings is 1. The lowest BCUT2D eigenvalue weighted by atomic mass is 9.90. The van der Waals surface area contributed by atoms with Crippen LogP contribution in [-0.2, 0) is 19.5 Å². The van der Waals surface area contributed by atoms with Gasteiger partial charge in [0.15, 0.2) is 0 Å². The van der Waals surface area contributed by atoms with E-state index in [0.29, 0.717) is 0 Å². The Morgan fingerprint density at radius 2 is 1.55 bits per heavy atom. The molecule has 5 rings (SSSR count). The van der Waals surface area contributed by atoms with Crippen LogP contribution in [0.1, 0.15) is 36.2 Å². The van der Waals surface area contributed by atoms with Gasteiger partial charge in [-0.2, -0.15) is 0 Å². The molecule has 3 aromatic carbocycles. The van der Waals surface area contributed by atoms with Crippen LogP contribution < -0.4 is 4.74 Å². The van der Waals surface area contributed by atoms with Gasteiger partial charge in [-0.25, -0.2) is 4.98 Å². The first-order valence-corrected chi connectivity index (χ1v) is 12.1. The van der Waals surface area contributed by atoms with Gasteiger partial charge < -0.3 is 9.30 Å². The van der Waals surface area contributed by atoms with Crippen molar-refractivity contribution in [3.8, 4) is 5.75 Å². The number of likely N-dealkylation sites (tertiary alicyclic amines) is 1. The first kappa shape index (κ1) is 21.7. The average molecular weight is 440 g/mol. The number of hydrogen-bond donors (Lipinski definition) is 0. The molecule has 4 heteroatoms. The molecule has 0 unspecified atom stereocenters. The third kappa shape index (κ3) is 5.28. The molecule has 0 N–H and O–H groups in total. The second-order valence-electron chi connectivity index (χ2n) is 9.19. The summed E-state index contributed by atoms with van der Waals surface area (Å²) in [6.07, 6.45) is 4.97. The van der Waals surface area contributed by atoms with Crippen LogP contribution in [0.5, 0.6) is 5.75 Å². The van der Waals surface area contributed by atoms with Crippen molar-refractivity contribution in [1.29, 1.82) is 0 Å². The van der Waals surface area contributed by atoms with Crippen molar-refractivity contribution in [2.75, 3.05) is 20.2 Å². The Hall–Kier alpha value is -3.11. The fourth-order valence-corrected chi connectivity index (χ4v) is 4.98. The van der Waals surface area contributed by atoms with Gasteiger partial charge in [-0.3, -0.25) is 4.90 Å². The zero-order chi connectivity index (χ0) is 22.5. The number of methoxy groups -OCH3 is 1. The Balaban J connectivity index is 1.20. The largest absolute Gasteiger partial charge is 0.497 e. The Morgan fingerprint density at radius 3 is 2.30 bits per heavy atom. The summed E-state index contributed by atoms with van der Waals surface area (Å²) >= 11 is 0. The Labute approximate surface area is 196 Å². The van der Waals surface area contributed by atoms with Crippen LogP contribution in [0.15, 0.2) is 78.9 Å². The summed E-state index contributed by atoms with van der Waals surface area (Å²) in [6, 6.07) is 27.8. The van der Waals surface area contributed by atoms with Crippen molar-refractivity contribution in [2.45, 2.75) is 38.8 Å². The summed E-state index contributed by atoms with van der Waals surface area (Å²) in [7, 11) is 1.72. The average Bonchev–Trinajstić information content (AvgIpc) is 3.21. The molecule has 2 heterocycles. The van der Waals surface area contributed by atoms with Crippen molar-refractivity contribution in [1.82, 2.24) is 14.5 Å². The molecule has 0 spiro atoms. The molecule has 1 fully saturated rings. The van der Waals surface area contributed by atoms with Gasteiger partial charge in [-0.1, -0.05) is 54.6 Å². The van der Waals surface area contributed by atoms with E-state index in [1.54, 1.807) is 7.11 Å². The summed E-state index contributed by atoms with van der Waals surface area (Å²) in [5.41, 5.74) is 5.05. The molecule has 1 aliphatic heterocycles. The molecule has 4 nitrogen and oxygen atoms in total. The zero-order valence-corrected chi connectivity index (χ0v) is 19.5. The van der Waals surface area contributed by atoms with Crippen molar-refractivity contribution in [3.05, 3.63) is 95.8 Å². The summed E-state index contributed by atoms with van der Waals surface area (Å²) in [5.74, 6) is 2.92. The van der Waals surface area contributed by atoms with Gasteiger partial charge in [-0.15, -0.1) is 0 Å². The highest BCUT2D eigenvalue weighted by molar-refractivity contribution is 5.76. The quantitative estimate of drug-likeness (QED) is 0.340. The number of para-hydroxylation sites is 2. The molecule has 1 aliphatic rings. The number of fused-ring (bicyclic) bond motifs is 1. The van der Waals surface area contributed by atoms with Gasteiger partial charge in [0.1, 0.15) is 11.6 Å². The van der Waals surface area contributed by atoms with Gasteiger partial charge in [0, 0.05) is 6.54 Å². The maximum Gasteiger partial charge on any atom is 0.124 e. The van der Waals surface area contributed by atoms with Crippen LogP contribution in [0.2, 0.25) is 0 Å². The highest BCUT2D eigenvalue weighted by Crippen LogP contribution is 2.25. The minimum Gasteiger partial charge on any atom is -0.497 e. The van der Waals surface area contributed by atoms with E-state index >= 15 is 0 Å². The number of benzene rings is 3. The molecule has 1 saturated heterocycles. The van der Waals surface area contributed by atoms with E-state index < -0.39 is 0 Å². The zero-order valence-electron chi connectivity index (χ0n) is 19.5. The smallest absolute Gasteiger partial charge is 0.124 e. The predicted octanol–water partition coefficient (Wildman–Crippen LogP) is 5.94. The van der Waals surface area contributed by atoms with Gasteiger partial charge in [0.05, 0.1) is 24.7 Å². The molecular formula is C29H33N3O. The van der Waals surface area contributed by atoms with Crippen molar-refractivity contribution in [3.63, 3.8) is 0 Å². The van der Waals surface area contributed by atoms with Gasteiger partial charge >= 0.3 is 0 Å². The van der Waals surface area contributed by atoms with Crippen LogP contribution in [-0.4, -0.2) is 34.7 Å². The molecule has 170 valence electrons. The molecular weight excluding hydrogens is 406 g/mol. The van der Waals surface area contributed by atoms with Crippen molar-refractivity contribution < 1.29 is 4.74 Å². The SMILES string of the molecule is COc1ccc(CCC2CCN(Cc3nc4ccccc4n3Cc3ccccc3)CC2)cc1. The van der Waals surface area contributed by atoms with Gasteiger partial charge in [0.25, 0.3) is 0 Å². The first-order valence-electron chi connectivity index (χ1n) is 12.1. The Morgan fingerprint density at radius 1 is 0.818 bits per heavy atom. The standard InChI is InChI=1S/C29H33N3O/c1-33-26-15-13-23(14-16-26)11-12-24-17-19-31(20-18-24)22-29-30-27-9-5-6-10-28(27)32(29)21-25-7-3-2-4-8-25/h2-10,13-16,24H,11-12,17-22H2,1H3. The van der Waals surface area contributed by atoms with E-state index in [4.69, 9.17) is 9.72 Å². The third-order valence-corrected chi connectivity index (χ3v) is 6.99. The Bertz CT molecular complexity index is 1160. The predicted molar refractivity (Wildman–Crippen MR) is 135 cm³/mol. The minimum atomic E-state index is 0.812. The van der Waals surface area contributed by atoms with Gasteiger partial charge in [0.2, 0.25) is 0 Å². The molecule has 33 heavy (non-hydrogen) atoms. The number of hydrogen-bond acceptors (Lipinski definition) is 3. The fraction of sp³-hybridized carbons (Fsp3) is 0.345. The highest BCUT2D eigenvalue weighted by Gasteiger charge is 2.21. The molecule has 0 aliphatic carbocycles. The molecule has 0 amide bonds. The maximum absolute atomic E-state index is 5.27. The highest BCUT2D eigenvalue weighted by atomic mass is 16.5. The molecule has 0 bridgehead atoms. The lowest BCUT2D eigenvalue weighted by molar-refractivity contribution is 0.168. The number of ether oxygens (including phenoxy) is 1. The second-order valence-corrected chi connectivity index (χ2v) is 9.19. The number of rotatable bonds is 8. The molecule has 0 atom stereocenters. The van der Waals surface area contributed by atoms with Gasteiger partial charge in [-0.05, 0) is 80.1 Å². The van der Waals surface area contributed by atoms with E-state index in [0.717, 1.165) is 49.8 Å². The first-order chi connectivity index (χ1) is 16.3. The van der Waals surface area contributed by atoms with E-state index in [1.807, 2.05) is 0 Å². The number of aromatic nitrogens is 2. The minimum absolute atomic E-state index is 0.812. The topological polar surface area (TPSA) is 30.3 Å². The van der Waals surface area contributed by atoms with E-state index in [1.165, 1.54) is 41.7 Å². The maximum atomic E-state index is 5.27. The van der Waals surface area contributed by atoms with Crippen LogP contribution in [0.4, 0.5) is 0 Å². The summed E-state index contributed by atoms with van der Waals surface area (Å²) < 4.78 is 7.68. The molecule has 0 saturated carbocycles. The van der Waals surface area contributed by atoms with Crippen LogP contribution >= 0.6 is 0 Å². The van der Waals surface area contributed by atoms with E-state index in [-0.39, 0.29) is 0 Å². The lowest BCUT2D eigenvalue weighted by Gasteiger charge is -2.32. The van der Waals surface area contributed by atoms with Crippen LogP contribution in [0, 0.1) is 5.92 Å². The van der Waals surface area contributed by atoms with Crippen molar-refractivity contribution in [2.24, 2.45) is 5.92 Å². The number of nitrogens with zero attached hydrogens (tertiary/aromatic N) is 3. The molecule has 0 radical (unpaired) electrons. The monoisotopic (exact) mass is 439 g/mol. The van der Waals surface area contributed by atoms with E-state index in [9.17, 15) is 0 Å².